The summed E-state index contributed by atoms with van der Waals surface area (Å²) in [5.41, 5.74) is 0. The fourth-order valence-electron chi connectivity index (χ4n) is 0.906. The van der Waals surface area contributed by atoms with Crippen molar-refractivity contribution in [3.05, 3.63) is 6.92 Å². The summed E-state index contributed by atoms with van der Waals surface area (Å²) in [6.45, 7) is 6.08. The quantitative estimate of drug-likeness (QED) is 0.501. The molecule has 0 aromatic rings. The van der Waals surface area contributed by atoms with Crippen molar-refractivity contribution < 1.29 is 0 Å². The smallest absolute Gasteiger partial charge is 0.00675 e. The van der Waals surface area contributed by atoms with Crippen molar-refractivity contribution in [2.24, 2.45) is 0 Å². The lowest BCUT2D eigenvalue weighted by molar-refractivity contribution is 0.732. The lowest BCUT2D eigenvalue weighted by Gasteiger charge is -1.99. The molecule has 0 aromatic heterocycles. The Labute approximate surface area is 76.1 Å². The highest BCUT2D eigenvalue weighted by atomic mass is 32.2. The van der Waals surface area contributed by atoms with E-state index < -0.39 is 0 Å². The minimum Gasteiger partial charge on any atom is -0.162 e. The van der Waals surface area contributed by atoms with Gasteiger partial charge >= 0.3 is 0 Å². The van der Waals surface area contributed by atoms with Gasteiger partial charge in [0.1, 0.15) is 0 Å². The number of hydrogen-bond donors (Lipinski definition) is 0. The fourth-order valence-corrected chi connectivity index (χ4v) is 2.01. The molecule has 0 aliphatic heterocycles. The van der Waals surface area contributed by atoms with Crippen LogP contribution in [0.2, 0.25) is 0 Å². The summed E-state index contributed by atoms with van der Waals surface area (Å²) in [6.07, 6.45) is 7.92. The van der Waals surface area contributed by atoms with Crippen molar-refractivity contribution >= 4 is 11.8 Å². The highest BCUT2D eigenvalue weighted by Crippen LogP contribution is 2.09. The maximum Gasteiger partial charge on any atom is -0.00675 e. The van der Waals surface area contributed by atoms with Crippen molar-refractivity contribution in [3.8, 4) is 0 Å². The highest BCUT2D eigenvalue weighted by Gasteiger charge is 1.88. The molecule has 0 aromatic carbocycles. The third kappa shape index (κ3) is 10.4. The molecule has 0 heterocycles. The van der Waals surface area contributed by atoms with Gasteiger partial charge in [-0.15, -0.1) is 0 Å². The van der Waals surface area contributed by atoms with Crippen LogP contribution in [0.3, 0.4) is 0 Å². The lowest BCUT2D eigenvalue weighted by Crippen LogP contribution is -1.83. The Morgan fingerprint density at radius 2 is 1.73 bits per heavy atom. The van der Waals surface area contributed by atoms with Crippen LogP contribution in [0.4, 0.5) is 0 Å². The molecule has 0 saturated heterocycles. The lowest BCUT2D eigenvalue weighted by atomic mass is 10.2. The predicted octanol–water partition coefficient (Wildman–Crippen LogP) is 3.91. The van der Waals surface area contributed by atoms with Crippen LogP contribution >= 0.6 is 11.8 Å². The summed E-state index contributed by atoms with van der Waals surface area (Å²) < 4.78 is 0. The second kappa shape index (κ2) is 10.3. The molecule has 0 unspecified atom stereocenters. The predicted molar refractivity (Wildman–Crippen MR) is 56.1 cm³/mol. The zero-order valence-corrected chi connectivity index (χ0v) is 8.59. The van der Waals surface area contributed by atoms with Gasteiger partial charge < -0.3 is 0 Å². The molecule has 0 atom stereocenters. The SMILES string of the molecule is [CH2]CCCCCSCCCC. The van der Waals surface area contributed by atoms with Crippen molar-refractivity contribution in [2.75, 3.05) is 11.5 Å². The van der Waals surface area contributed by atoms with Crippen molar-refractivity contribution in [3.63, 3.8) is 0 Å². The molecule has 0 amide bonds. The Bertz CT molecular complexity index is 53.9. The van der Waals surface area contributed by atoms with Gasteiger partial charge in [-0.3, -0.25) is 0 Å². The van der Waals surface area contributed by atoms with Gasteiger partial charge in [-0.1, -0.05) is 39.5 Å². The first kappa shape index (κ1) is 11.4. The van der Waals surface area contributed by atoms with E-state index in [1.807, 2.05) is 0 Å². The summed E-state index contributed by atoms with van der Waals surface area (Å²) >= 11 is 2.11. The highest BCUT2D eigenvalue weighted by molar-refractivity contribution is 7.99. The molecule has 0 fully saturated rings. The van der Waals surface area contributed by atoms with E-state index in [9.17, 15) is 0 Å². The van der Waals surface area contributed by atoms with Crippen LogP contribution in [0.5, 0.6) is 0 Å². The molecule has 0 N–H and O–H groups in total. The van der Waals surface area contributed by atoms with E-state index in [0.29, 0.717) is 0 Å². The summed E-state index contributed by atoms with van der Waals surface area (Å²) in [7, 11) is 0. The molecular weight excluding hydrogens is 152 g/mol. The van der Waals surface area contributed by atoms with E-state index in [0.717, 1.165) is 6.42 Å². The standard InChI is InChI=1S/C10H21S/c1-3-5-7-8-10-11-9-6-4-2/h1,3-10H2,2H3. The molecule has 67 valence electrons. The molecule has 11 heavy (non-hydrogen) atoms. The maximum atomic E-state index is 3.83. The van der Waals surface area contributed by atoms with E-state index in [1.54, 1.807) is 0 Å². The number of unbranched alkanes of at least 4 members (excludes halogenated alkanes) is 4. The first-order valence-corrected chi connectivity index (χ1v) is 5.94. The second-order valence-corrected chi connectivity index (χ2v) is 4.10. The summed E-state index contributed by atoms with van der Waals surface area (Å²) in [5, 5.41) is 0. The molecule has 0 aliphatic rings. The Kier molecular flexibility index (Phi) is 10.7. The van der Waals surface area contributed by atoms with Gasteiger partial charge in [0.25, 0.3) is 0 Å². The Morgan fingerprint density at radius 1 is 1.00 bits per heavy atom. The number of hydrogen-bond acceptors (Lipinski definition) is 1. The summed E-state index contributed by atoms with van der Waals surface area (Å²) in [6, 6.07) is 0. The van der Waals surface area contributed by atoms with Crippen LogP contribution in [0.1, 0.15) is 45.4 Å². The van der Waals surface area contributed by atoms with Gasteiger partial charge in [-0.2, -0.15) is 11.8 Å². The minimum atomic E-state index is 1.11. The zero-order valence-electron chi connectivity index (χ0n) is 7.77. The molecule has 0 rings (SSSR count). The van der Waals surface area contributed by atoms with Gasteiger partial charge in [0, 0.05) is 0 Å². The van der Waals surface area contributed by atoms with E-state index in [2.05, 4.69) is 25.6 Å². The fraction of sp³-hybridized carbons (Fsp3) is 0.900. The molecule has 1 radical (unpaired) electrons. The minimum absolute atomic E-state index is 1.11. The Morgan fingerprint density at radius 3 is 2.36 bits per heavy atom. The van der Waals surface area contributed by atoms with Crippen molar-refractivity contribution in [1.29, 1.82) is 0 Å². The normalized spacial score (nSPS) is 10.4. The van der Waals surface area contributed by atoms with E-state index in [1.165, 1.54) is 43.6 Å². The monoisotopic (exact) mass is 173 g/mol. The van der Waals surface area contributed by atoms with Crippen molar-refractivity contribution in [2.45, 2.75) is 45.4 Å². The third-order valence-electron chi connectivity index (χ3n) is 1.68. The van der Waals surface area contributed by atoms with E-state index in [-0.39, 0.29) is 0 Å². The molecule has 1 heteroatoms. The average molecular weight is 173 g/mol. The van der Waals surface area contributed by atoms with Gasteiger partial charge in [-0.05, 0) is 24.3 Å². The van der Waals surface area contributed by atoms with Gasteiger partial charge in [-0.25, -0.2) is 0 Å². The first-order valence-electron chi connectivity index (χ1n) is 4.78. The molecule has 0 spiro atoms. The average Bonchev–Trinajstić information content (AvgIpc) is 2.03. The first-order chi connectivity index (χ1) is 5.41. The molecular formula is C10H21S. The van der Waals surface area contributed by atoms with Crippen LogP contribution < -0.4 is 0 Å². The summed E-state index contributed by atoms with van der Waals surface area (Å²) in [4.78, 5) is 0. The van der Waals surface area contributed by atoms with Crippen LogP contribution in [-0.4, -0.2) is 11.5 Å². The maximum absolute atomic E-state index is 3.83. The third-order valence-corrected chi connectivity index (χ3v) is 2.84. The summed E-state index contributed by atoms with van der Waals surface area (Å²) in [5.74, 6) is 2.72. The molecule has 0 bridgehead atoms. The number of rotatable bonds is 8. The van der Waals surface area contributed by atoms with Crippen LogP contribution in [0.25, 0.3) is 0 Å². The molecule has 0 aliphatic carbocycles. The largest absolute Gasteiger partial charge is 0.162 e. The Balaban J connectivity index is 2.69. The van der Waals surface area contributed by atoms with Gasteiger partial charge in [0.15, 0.2) is 0 Å². The van der Waals surface area contributed by atoms with Gasteiger partial charge in [0.05, 0.1) is 0 Å². The van der Waals surface area contributed by atoms with Crippen LogP contribution in [0.15, 0.2) is 0 Å². The molecule has 0 nitrogen and oxygen atoms in total. The van der Waals surface area contributed by atoms with E-state index in [4.69, 9.17) is 0 Å². The molecule has 0 saturated carbocycles. The number of thioether (sulfide) groups is 1. The topological polar surface area (TPSA) is 0 Å². The van der Waals surface area contributed by atoms with E-state index >= 15 is 0 Å². The van der Waals surface area contributed by atoms with Gasteiger partial charge in [0.2, 0.25) is 0 Å². The zero-order chi connectivity index (χ0) is 8.36. The Hall–Kier alpha value is 0.350. The second-order valence-electron chi connectivity index (χ2n) is 2.88. The van der Waals surface area contributed by atoms with Crippen molar-refractivity contribution in [1.82, 2.24) is 0 Å². The van der Waals surface area contributed by atoms with Crippen LogP contribution in [0, 0.1) is 6.92 Å². The van der Waals surface area contributed by atoms with Crippen LogP contribution in [-0.2, 0) is 0 Å².